The Hall–Kier alpha value is -0.740. The summed E-state index contributed by atoms with van der Waals surface area (Å²) in [5.41, 5.74) is 0.514. The summed E-state index contributed by atoms with van der Waals surface area (Å²) >= 11 is 3.01. The van der Waals surface area contributed by atoms with Crippen LogP contribution in [0.25, 0.3) is 5.57 Å². The summed E-state index contributed by atoms with van der Waals surface area (Å²) in [6, 6.07) is 2.55. The van der Waals surface area contributed by atoms with Gasteiger partial charge in [-0.05, 0) is 46.5 Å². The zero-order valence-electron chi connectivity index (χ0n) is 7.80. The van der Waals surface area contributed by atoms with Crippen LogP contribution in [0.1, 0.15) is 18.4 Å². The highest BCUT2D eigenvalue weighted by Crippen LogP contribution is 2.33. The van der Waals surface area contributed by atoms with E-state index in [4.69, 9.17) is 0 Å². The molecule has 80 valence electrons. The quantitative estimate of drug-likeness (QED) is 0.780. The summed E-state index contributed by atoms with van der Waals surface area (Å²) < 4.78 is 27.3. The summed E-state index contributed by atoms with van der Waals surface area (Å²) in [6.45, 7) is 0. The predicted octanol–water partition coefficient (Wildman–Crippen LogP) is 3.27. The van der Waals surface area contributed by atoms with Gasteiger partial charge >= 0.3 is 0 Å². The summed E-state index contributed by atoms with van der Waals surface area (Å²) in [4.78, 5) is 0. The van der Waals surface area contributed by atoms with Crippen LogP contribution in [0.4, 0.5) is 8.78 Å². The lowest BCUT2D eigenvalue weighted by atomic mass is 10.0. The smallest absolute Gasteiger partial charge is 0.147 e. The van der Waals surface area contributed by atoms with Crippen molar-refractivity contribution in [2.75, 3.05) is 0 Å². The van der Waals surface area contributed by atoms with E-state index in [1.807, 2.05) is 0 Å². The highest BCUT2D eigenvalue weighted by molar-refractivity contribution is 9.10. The Labute approximate surface area is 94.6 Å². The van der Waals surface area contributed by atoms with E-state index >= 15 is 0 Å². The topological polar surface area (TPSA) is 20.2 Å². The molecular formula is C11H9BrF2O. The van der Waals surface area contributed by atoms with Gasteiger partial charge in [-0.3, -0.25) is 0 Å². The molecule has 4 heteroatoms. The van der Waals surface area contributed by atoms with E-state index in [1.54, 1.807) is 0 Å². The lowest BCUT2D eigenvalue weighted by molar-refractivity contribution is 0.223. The molecule has 2 rings (SSSR count). The van der Waals surface area contributed by atoms with E-state index in [-0.39, 0.29) is 10.0 Å². The first-order valence-corrected chi connectivity index (χ1v) is 5.41. The van der Waals surface area contributed by atoms with Crippen LogP contribution in [0.3, 0.4) is 0 Å². The van der Waals surface area contributed by atoms with E-state index < -0.39 is 17.7 Å². The molecule has 1 N–H and O–H groups in total. The average Bonchev–Trinajstić information content (AvgIpc) is 2.59. The Balaban J connectivity index is 2.52. The molecule has 1 aromatic carbocycles. The number of benzene rings is 1. The van der Waals surface area contributed by atoms with Crippen molar-refractivity contribution in [1.29, 1.82) is 0 Å². The number of halogens is 3. The minimum Gasteiger partial charge on any atom is -0.389 e. The van der Waals surface area contributed by atoms with Crippen molar-refractivity contribution >= 4 is 21.5 Å². The lowest BCUT2D eigenvalue weighted by Crippen LogP contribution is -1.95. The van der Waals surface area contributed by atoms with Gasteiger partial charge in [-0.25, -0.2) is 8.78 Å². The second-order valence-corrected chi connectivity index (χ2v) is 4.37. The van der Waals surface area contributed by atoms with Crippen LogP contribution in [0.5, 0.6) is 0 Å². The maximum Gasteiger partial charge on any atom is 0.147 e. The summed E-state index contributed by atoms with van der Waals surface area (Å²) in [7, 11) is 0. The molecule has 0 aliphatic heterocycles. The third-order valence-electron chi connectivity index (χ3n) is 2.47. The molecule has 0 bridgehead atoms. The van der Waals surface area contributed by atoms with Crippen molar-refractivity contribution in [3.05, 3.63) is 39.9 Å². The fourth-order valence-electron chi connectivity index (χ4n) is 1.73. The molecule has 0 radical (unpaired) electrons. The zero-order chi connectivity index (χ0) is 11.0. The molecule has 0 saturated heterocycles. The molecule has 1 unspecified atom stereocenters. The average molecular weight is 275 g/mol. The fraction of sp³-hybridized carbons (Fsp3) is 0.273. The summed E-state index contributed by atoms with van der Waals surface area (Å²) in [6.07, 6.45) is 1.96. The Morgan fingerprint density at radius 2 is 2.07 bits per heavy atom. The van der Waals surface area contributed by atoms with Gasteiger partial charge in [-0.15, -0.1) is 0 Å². The largest absolute Gasteiger partial charge is 0.389 e. The van der Waals surface area contributed by atoms with Crippen LogP contribution >= 0.6 is 15.9 Å². The van der Waals surface area contributed by atoms with Crippen LogP contribution < -0.4 is 0 Å². The molecule has 1 aliphatic carbocycles. The Kier molecular flexibility index (Phi) is 2.89. The molecule has 1 aromatic rings. The third kappa shape index (κ3) is 1.96. The number of allylic oxidation sites excluding steroid dienone is 1. The SMILES string of the molecule is OC1C=C(c2c(F)ccc(Br)c2F)CC1. The second kappa shape index (κ2) is 4.02. The standard InChI is InChI=1S/C11H9BrF2O/c12-8-3-4-9(13)10(11(8)14)6-1-2-7(15)5-6/h3-5,7,15H,1-2H2. The first-order chi connectivity index (χ1) is 7.09. The van der Waals surface area contributed by atoms with Crippen molar-refractivity contribution in [3.63, 3.8) is 0 Å². The van der Waals surface area contributed by atoms with Gasteiger partial charge in [-0.2, -0.15) is 0 Å². The molecule has 15 heavy (non-hydrogen) atoms. The Morgan fingerprint density at radius 3 is 2.67 bits per heavy atom. The third-order valence-corrected chi connectivity index (χ3v) is 3.08. The number of rotatable bonds is 1. The van der Waals surface area contributed by atoms with Gasteiger partial charge in [0.25, 0.3) is 0 Å². The molecule has 1 aliphatic rings. The van der Waals surface area contributed by atoms with Crippen LogP contribution in [0.2, 0.25) is 0 Å². The first kappa shape index (κ1) is 10.8. The van der Waals surface area contributed by atoms with Crippen molar-refractivity contribution < 1.29 is 13.9 Å². The second-order valence-electron chi connectivity index (χ2n) is 3.52. The molecule has 0 aromatic heterocycles. The molecule has 0 heterocycles. The Bertz CT molecular complexity index is 429. The Morgan fingerprint density at radius 1 is 1.33 bits per heavy atom. The van der Waals surface area contributed by atoms with Crippen molar-refractivity contribution in [3.8, 4) is 0 Å². The van der Waals surface area contributed by atoms with E-state index in [2.05, 4.69) is 15.9 Å². The van der Waals surface area contributed by atoms with Gasteiger partial charge in [0.2, 0.25) is 0 Å². The fourth-order valence-corrected chi connectivity index (χ4v) is 2.06. The van der Waals surface area contributed by atoms with Gasteiger partial charge in [0.05, 0.1) is 16.1 Å². The van der Waals surface area contributed by atoms with E-state index in [0.717, 1.165) is 0 Å². The number of hydrogen-bond acceptors (Lipinski definition) is 1. The van der Waals surface area contributed by atoms with Gasteiger partial charge < -0.3 is 5.11 Å². The van der Waals surface area contributed by atoms with Crippen LogP contribution in [0.15, 0.2) is 22.7 Å². The molecule has 0 amide bonds. The zero-order valence-corrected chi connectivity index (χ0v) is 9.39. The van der Waals surface area contributed by atoms with Crippen molar-refractivity contribution in [2.24, 2.45) is 0 Å². The molecule has 0 saturated carbocycles. The lowest BCUT2D eigenvalue weighted by Gasteiger charge is -2.06. The normalized spacial score (nSPS) is 20.5. The monoisotopic (exact) mass is 274 g/mol. The maximum absolute atomic E-state index is 13.6. The van der Waals surface area contributed by atoms with Gasteiger partial charge in [0.15, 0.2) is 0 Å². The van der Waals surface area contributed by atoms with Gasteiger partial charge in [0.1, 0.15) is 11.6 Å². The van der Waals surface area contributed by atoms with Crippen molar-refractivity contribution in [2.45, 2.75) is 18.9 Å². The van der Waals surface area contributed by atoms with Gasteiger partial charge in [-0.1, -0.05) is 6.08 Å². The van der Waals surface area contributed by atoms with Crippen molar-refractivity contribution in [1.82, 2.24) is 0 Å². The molecule has 0 spiro atoms. The van der Waals surface area contributed by atoms with Crippen LogP contribution in [-0.2, 0) is 0 Å². The predicted molar refractivity (Wildman–Crippen MR) is 57.3 cm³/mol. The van der Waals surface area contributed by atoms with Crippen LogP contribution in [-0.4, -0.2) is 11.2 Å². The molecule has 1 atom stereocenters. The summed E-state index contributed by atoms with van der Waals surface area (Å²) in [5, 5.41) is 9.28. The van der Waals surface area contributed by atoms with E-state index in [0.29, 0.717) is 18.4 Å². The van der Waals surface area contributed by atoms with E-state index in [9.17, 15) is 13.9 Å². The highest BCUT2D eigenvalue weighted by Gasteiger charge is 2.21. The molecule has 0 fully saturated rings. The highest BCUT2D eigenvalue weighted by atomic mass is 79.9. The molecular weight excluding hydrogens is 266 g/mol. The van der Waals surface area contributed by atoms with Gasteiger partial charge in [0, 0.05) is 0 Å². The minimum absolute atomic E-state index is 0.0269. The maximum atomic E-state index is 13.6. The van der Waals surface area contributed by atoms with E-state index in [1.165, 1.54) is 18.2 Å². The number of aliphatic hydroxyl groups is 1. The first-order valence-electron chi connectivity index (χ1n) is 4.62. The minimum atomic E-state index is -0.602. The van der Waals surface area contributed by atoms with Crippen LogP contribution in [0, 0.1) is 11.6 Å². The summed E-state index contributed by atoms with van der Waals surface area (Å²) in [5.74, 6) is -1.19. The molecule has 1 nitrogen and oxygen atoms in total. The number of aliphatic hydroxyl groups excluding tert-OH is 1. The number of hydrogen-bond donors (Lipinski definition) is 1.